The van der Waals surface area contributed by atoms with Crippen molar-refractivity contribution in [1.82, 2.24) is 14.5 Å². The molecule has 1 unspecified atom stereocenters. The quantitative estimate of drug-likeness (QED) is 0.526. The molecule has 3 aliphatic rings. The van der Waals surface area contributed by atoms with E-state index in [4.69, 9.17) is 15.0 Å². The van der Waals surface area contributed by atoms with Gasteiger partial charge in [0.2, 0.25) is 0 Å². The fourth-order valence-corrected chi connectivity index (χ4v) is 4.74. The summed E-state index contributed by atoms with van der Waals surface area (Å²) in [6.07, 6.45) is 1.25. The highest BCUT2D eigenvalue weighted by molar-refractivity contribution is 6.36. The average molecular weight is 507 g/mol. The number of nitrogens with one attached hydrogen (secondary N) is 1. The molecule has 1 aliphatic carbocycles. The van der Waals surface area contributed by atoms with Gasteiger partial charge < -0.3 is 14.8 Å². The number of aromatic nitrogens is 3. The van der Waals surface area contributed by atoms with E-state index in [0.717, 1.165) is 53.1 Å². The maximum Gasteiger partial charge on any atom is 0.416 e. The molecule has 7 nitrogen and oxygen atoms in total. The van der Waals surface area contributed by atoms with Crippen LogP contribution in [-0.2, 0) is 13.2 Å². The van der Waals surface area contributed by atoms with Crippen LogP contribution < -0.4 is 15.8 Å². The molecule has 1 aromatic carbocycles. The molecule has 0 saturated heterocycles. The van der Waals surface area contributed by atoms with Crippen molar-refractivity contribution in [3.63, 3.8) is 0 Å². The van der Waals surface area contributed by atoms with Gasteiger partial charge in [-0.05, 0) is 55.2 Å². The van der Waals surface area contributed by atoms with Gasteiger partial charge in [0.15, 0.2) is 0 Å². The Morgan fingerprint density at radius 1 is 1.14 bits per heavy atom. The largest absolute Gasteiger partial charge is 0.416 e. The normalized spacial score (nSPS) is 17.6. The van der Waals surface area contributed by atoms with Crippen LogP contribution in [0.25, 0.3) is 11.6 Å². The number of aryl methyl sites for hydroxylation is 1. The maximum atomic E-state index is 13.3. The van der Waals surface area contributed by atoms with E-state index in [1.165, 1.54) is 16.7 Å². The van der Waals surface area contributed by atoms with Crippen molar-refractivity contribution in [2.75, 3.05) is 23.3 Å². The summed E-state index contributed by atoms with van der Waals surface area (Å²) in [6, 6.07) is 8.34. The van der Waals surface area contributed by atoms with Crippen LogP contribution in [0.15, 0.2) is 52.4 Å². The predicted molar refractivity (Wildman–Crippen MR) is 137 cm³/mol. The summed E-state index contributed by atoms with van der Waals surface area (Å²) in [5, 5.41) is 3.37. The van der Waals surface area contributed by atoms with E-state index in [2.05, 4.69) is 10.2 Å². The Balaban J connectivity index is 1.46. The number of benzene rings is 1. The van der Waals surface area contributed by atoms with Crippen molar-refractivity contribution in [2.45, 2.75) is 37.9 Å². The fraction of sp³-hybridized carbons (Fsp3) is 0.333. The summed E-state index contributed by atoms with van der Waals surface area (Å²) in [4.78, 5) is 28.9. The summed E-state index contributed by atoms with van der Waals surface area (Å²) in [7, 11) is 1.69. The molecule has 0 radical (unpaired) electrons. The summed E-state index contributed by atoms with van der Waals surface area (Å²) in [6.45, 7) is 3.06. The highest BCUT2D eigenvalue weighted by Crippen LogP contribution is 2.44. The predicted octanol–water partition coefficient (Wildman–Crippen LogP) is 5.02. The van der Waals surface area contributed by atoms with E-state index in [0.29, 0.717) is 24.5 Å². The molecule has 2 aliphatic heterocycles. The number of rotatable bonds is 5. The Labute approximate surface area is 211 Å². The second-order valence-corrected chi connectivity index (χ2v) is 9.71. The SMILES string of the molecule is CC(Nc1nc(C2CC2)nc2c1C=C(c1ccn(C)c(=O)c1)C1=NCCN12)c1cccc(C(F)(F)F)c1. The highest BCUT2D eigenvalue weighted by atomic mass is 19.4. The van der Waals surface area contributed by atoms with E-state index in [9.17, 15) is 18.0 Å². The zero-order valence-electron chi connectivity index (χ0n) is 20.4. The molecule has 1 atom stereocenters. The zero-order chi connectivity index (χ0) is 25.9. The molecular formula is C27H25F3N6O. The minimum atomic E-state index is -4.42. The molecule has 2 aromatic heterocycles. The van der Waals surface area contributed by atoms with Gasteiger partial charge in [-0.3, -0.25) is 9.79 Å². The first-order chi connectivity index (χ1) is 17.7. The van der Waals surface area contributed by atoms with Gasteiger partial charge in [0.05, 0.1) is 17.7 Å². The summed E-state index contributed by atoms with van der Waals surface area (Å²) in [5.41, 5.74) is 1.95. The molecule has 1 N–H and O–H groups in total. The Kier molecular flexibility index (Phi) is 5.43. The molecule has 3 aromatic rings. The third-order valence-corrected chi connectivity index (χ3v) is 6.99. The van der Waals surface area contributed by atoms with Gasteiger partial charge in [-0.1, -0.05) is 12.1 Å². The smallest absolute Gasteiger partial charge is 0.363 e. The third kappa shape index (κ3) is 4.30. The standard InChI is InChI=1S/C27H25F3N6O/c1-15(17-4-3-5-19(12-17)27(28,29)30)32-24-21-14-20(18-8-10-35(2)22(37)13-18)25-31-9-11-36(25)26(21)34-23(33-24)16-6-7-16/h3-5,8,10,12-16H,6-7,9,11H2,1-2H3,(H,32,33,34). The van der Waals surface area contributed by atoms with E-state index >= 15 is 0 Å². The molecule has 1 saturated carbocycles. The topological polar surface area (TPSA) is 75.4 Å². The summed E-state index contributed by atoms with van der Waals surface area (Å²) < 4.78 is 41.5. The van der Waals surface area contributed by atoms with E-state index in [-0.39, 0.29) is 11.5 Å². The number of alkyl halides is 3. The first-order valence-electron chi connectivity index (χ1n) is 12.3. The lowest BCUT2D eigenvalue weighted by Gasteiger charge is -2.30. The first-order valence-corrected chi connectivity index (χ1v) is 12.3. The van der Waals surface area contributed by atoms with Gasteiger partial charge >= 0.3 is 6.18 Å². The molecule has 37 heavy (non-hydrogen) atoms. The highest BCUT2D eigenvalue weighted by Gasteiger charge is 2.36. The maximum absolute atomic E-state index is 13.3. The lowest BCUT2D eigenvalue weighted by molar-refractivity contribution is -0.137. The third-order valence-electron chi connectivity index (χ3n) is 6.99. The molecule has 4 heterocycles. The number of halogens is 3. The monoisotopic (exact) mass is 506 g/mol. The Hall–Kier alpha value is -3.95. The van der Waals surface area contributed by atoms with E-state index in [1.54, 1.807) is 25.4 Å². The minimum absolute atomic E-state index is 0.133. The van der Waals surface area contributed by atoms with E-state index in [1.807, 2.05) is 19.1 Å². The molecule has 1 fully saturated rings. The van der Waals surface area contributed by atoms with Crippen LogP contribution >= 0.6 is 0 Å². The number of anilines is 2. The fourth-order valence-electron chi connectivity index (χ4n) is 4.74. The van der Waals surface area contributed by atoms with Crippen LogP contribution in [0.2, 0.25) is 0 Å². The van der Waals surface area contributed by atoms with Crippen molar-refractivity contribution in [1.29, 1.82) is 0 Å². The summed E-state index contributed by atoms with van der Waals surface area (Å²) >= 11 is 0. The first kappa shape index (κ1) is 23.4. The van der Waals surface area contributed by atoms with Gasteiger partial charge in [0, 0.05) is 43.4 Å². The lowest BCUT2D eigenvalue weighted by Crippen LogP contribution is -2.33. The summed E-state index contributed by atoms with van der Waals surface area (Å²) in [5.74, 6) is 3.07. The molecule has 0 bridgehead atoms. The molecule has 0 spiro atoms. The number of hydrogen-bond acceptors (Lipinski definition) is 6. The molecule has 190 valence electrons. The Morgan fingerprint density at radius 2 is 1.95 bits per heavy atom. The number of nitrogens with zero attached hydrogens (tertiary/aromatic N) is 5. The van der Waals surface area contributed by atoms with Crippen LogP contribution in [-0.4, -0.2) is 33.5 Å². The van der Waals surface area contributed by atoms with Crippen LogP contribution in [0.3, 0.4) is 0 Å². The number of amidine groups is 1. The van der Waals surface area contributed by atoms with Gasteiger partial charge in [-0.15, -0.1) is 0 Å². The number of fused-ring (bicyclic) bond motifs is 3. The van der Waals surface area contributed by atoms with Gasteiger partial charge in [-0.25, -0.2) is 9.97 Å². The van der Waals surface area contributed by atoms with Gasteiger partial charge in [-0.2, -0.15) is 13.2 Å². The van der Waals surface area contributed by atoms with Gasteiger partial charge in [0.1, 0.15) is 23.3 Å². The van der Waals surface area contributed by atoms with E-state index < -0.39 is 17.8 Å². The van der Waals surface area contributed by atoms with Crippen LogP contribution in [0.4, 0.5) is 24.8 Å². The van der Waals surface area contributed by atoms with Crippen LogP contribution in [0, 0.1) is 0 Å². The van der Waals surface area contributed by atoms with Crippen molar-refractivity contribution in [3.05, 3.63) is 81.0 Å². The number of aliphatic imine (C=N–C) groups is 1. The molecule has 10 heteroatoms. The van der Waals surface area contributed by atoms with Crippen molar-refractivity contribution in [3.8, 4) is 0 Å². The number of hydrogen-bond donors (Lipinski definition) is 1. The second kappa shape index (κ2) is 8.57. The average Bonchev–Trinajstić information content (AvgIpc) is 3.60. The molecule has 0 amide bonds. The number of pyridine rings is 1. The Bertz CT molecular complexity index is 1520. The minimum Gasteiger partial charge on any atom is -0.363 e. The Morgan fingerprint density at radius 3 is 2.68 bits per heavy atom. The zero-order valence-corrected chi connectivity index (χ0v) is 20.4. The van der Waals surface area contributed by atoms with Crippen LogP contribution in [0.5, 0.6) is 0 Å². The van der Waals surface area contributed by atoms with Crippen molar-refractivity contribution in [2.24, 2.45) is 12.0 Å². The molecular weight excluding hydrogens is 481 g/mol. The van der Waals surface area contributed by atoms with Gasteiger partial charge in [0.25, 0.3) is 5.56 Å². The molecule has 6 rings (SSSR count). The van der Waals surface area contributed by atoms with Crippen LogP contribution in [0.1, 0.15) is 59.8 Å². The lowest BCUT2D eigenvalue weighted by atomic mass is 9.98. The van der Waals surface area contributed by atoms with Crippen molar-refractivity contribution >= 4 is 29.1 Å². The second-order valence-electron chi connectivity index (χ2n) is 9.71. The van der Waals surface area contributed by atoms with Crippen molar-refractivity contribution < 1.29 is 13.2 Å².